The molecule has 1 rings (SSSR count). The molecule has 0 atom stereocenters. The molecule has 2 heteroatoms. The van der Waals surface area contributed by atoms with E-state index in [0.717, 1.165) is 16.1 Å². The van der Waals surface area contributed by atoms with Crippen molar-refractivity contribution in [2.24, 2.45) is 0 Å². The van der Waals surface area contributed by atoms with Gasteiger partial charge in [-0.25, -0.2) is 0 Å². The zero-order valence-electron chi connectivity index (χ0n) is 6.70. The van der Waals surface area contributed by atoms with E-state index in [1.54, 1.807) is 0 Å². The average molecular weight is 244 g/mol. The van der Waals surface area contributed by atoms with Gasteiger partial charge in [0.1, 0.15) is 0 Å². The third-order valence-electron chi connectivity index (χ3n) is 1.46. The average Bonchev–Trinajstić information content (AvgIpc) is 2.07. The van der Waals surface area contributed by atoms with Gasteiger partial charge in [0.2, 0.25) is 0 Å². The summed E-state index contributed by atoms with van der Waals surface area (Å²) in [5.74, 6) is 5.94. The van der Waals surface area contributed by atoms with Crippen LogP contribution in [-0.4, -0.2) is 5.33 Å². The Morgan fingerprint density at radius 2 is 2.25 bits per heavy atom. The SMILES string of the molecule is Cc1cc(C#CCBr)ccc1Cl. The quantitative estimate of drug-likeness (QED) is 0.484. The van der Waals surface area contributed by atoms with Gasteiger partial charge >= 0.3 is 0 Å². The molecule has 0 aromatic heterocycles. The lowest BCUT2D eigenvalue weighted by Gasteiger charge is -1.96. The number of hydrogen-bond donors (Lipinski definition) is 0. The van der Waals surface area contributed by atoms with E-state index in [2.05, 4.69) is 27.8 Å². The van der Waals surface area contributed by atoms with Crippen LogP contribution in [0.1, 0.15) is 11.1 Å². The van der Waals surface area contributed by atoms with Crippen LogP contribution in [0.2, 0.25) is 5.02 Å². The van der Waals surface area contributed by atoms with Gasteiger partial charge in [-0.15, -0.1) is 0 Å². The molecule has 1 aromatic rings. The molecular weight excluding hydrogens is 235 g/mol. The molecule has 0 heterocycles. The molecule has 0 bridgehead atoms. The fourth-order valence-electron chi connectivity index (χ4n) is 0.858. The Kier molecular flexibility index (Phi) is 3.65. The van der Waals surface area contributed by atoms with Gasteiger partial charge in [-0.2, -0.15) is 0 Å². The molecule has 0 amide bonds. The van der Waals surface area contributed by atoms with Crippen LogP contribution in [0.25, 0.3) is 0 Å². The molecule has 0 aliphatic rings. The summed E-state index contributed by atoms with van der Waals surface area (Å²) in [6.07, 6.45) is 0. The van der Waals surface area contributed by atoms with Crippen molar-refractivity contribution in [2.45, 2.75) is 6.92 Å². The highest BCUT2D eigenvalue weighted by Gasteiger charge is 1.93. The zero-order valence-corrected chi connectivity index (χ0v) is 9.04. The predicted octanol–water partition coefficient (Wildman–Crippen LogP) is 3.39. The standard InChI is InChI=1S/C10H8BrCl/c1-8-7-9(3-2-6-11)4-5-10(8)12/h4-5,7H,6H2,1H3. The minimum atomic E-state index is 0.703. The monoisotopic (exact) mass is 242 g/mol. The van der Waals surface area contributed by atoms with Crippen LogP contribution in [0.5, 0.6) is 0 Å². The van der Waals surface area contributed by atoms with Gasteiger partial charge in [0, 0.05) is 10.6 Å². The zero-order chi connectivity index (χ0) is 8.97. The molecule has 0 unspecified atom stereocenters. The summed E-state index contributed by atoms with van der Waals surface area (Å²) in [6.45, 7) is 1.97. The molecule has 12 heavy (non-hydrogen) atoms. The molecule has 0 aliphatic carbocycles. The smallest absolute Gasteiger partial charge is 0.0649 e. The highest BCUT2D eigenvalue weighted by Crippen LogP contribution is 2.15. The third-order valence-corrected chi connectivity index (χ3v) is 2.16. The van der Waals surface area contributed by atoms with Crippen molar-refractivity contribution >= 4 is 27.5 Å². The Labute approximate surface area is 86.1 Å². The maximum Gasteiger partial charge on any atom is 0.0649 e. The number of aryl methyl sites for hydroxylation is 1. The van der Waals surface area contributed by atoms with Gasteiger partial charge in [0.15, 0.2) is 0 Å². The molecule has 62 valence electrons. The lowest BCUT2D eigenvalue weighted by Crippen LogP contribution is -1.78. The Morgan fingerprint density at radius 3 is 2.83 bits per heavy atom. The Morgan fingerprint density at radius 1 is 1.50 bits per heavy atom. The number of rotatable bonds is 0. The van der Waals surface area contributed by atoms with E-state index in [-0.39, 0.29) is 0 Å². The minimum absolute atomic E-state index is 0.703. The van der Waals surface area contributed by atoms with Crippen molar-refractivity contribution in [2.75, 3.05) is 5.33 Å². The first-order valence-corrected chi connectivity index (χ1v) is 5.05. The van der Waals surface area contributed by atoms with Crippen LogP contribution in [0.3, 0.4) is 0 Å². The second kappa shape index (κ2) is 4.54. The van der Waals surface area contributed by atoms with Gasteiger partial charge in [0.05, 0.1) is 5.33 Å². The summed E-state index contributed by atoms with van der Waals surface area (Å²) < 4.78 is 0. The molecule has 0 radical (unpaired) electrons. The Bertz CT molecular complexity index is 333. The van der Waals surface area contributed by atoms with Crippen LogP contribution in [0, 0.1) is 18.8 Å². The topological polar surface area (TPSA) is 0 Å². The first kappa shape index (κ1) is 9.64. The number of alkyl halides is 1. The molecule has 0 saturated carbocycles. The first-order chi connectivity index (χ1) is 5.74. The Hall–Kier alpha value is -0.450. The van der Waals surface area contributed by atoms with E-state index in [9.17, 15) is 0 Å². The summed E-state index contributed by atoms with van der Waals surface area (Å²) >= 11 is 9.10. The van der Waals surface area contributed by atoms with Crippen LogP contribution in [-0.2, 0) is 0 Å². The van der Waals surface area contributed by atoms with E-state index in [1.807, 2.05) is 25.1 Å². The maximum absolute atomic E-state index is 5.86. The molecule has 0 aliphatic heterocycles. The maximum atomic E-state index is 5.86. The number of halogens is 2. The van der Waals surface area contributed by atoms with E-state index < -0.39 is 0 Å². The van der Waals surface area contributed by atoms with E-state index in [0.29, 0.717) is 5.33 Å². The van der Waals surface area contributed by atoms with Gasteiger partial charge in [0.25, 0.3) is 0 Å². The molecule has 0 spiro atoms. The lowest BCUT2D eigenvalue weighted by atomic mass is 10.1. The van der Waals surface area contributed by atoms with Crippen molar-refractivity contribution in [3.8, 4) is 11.8 Å². The number of hydrogen-bond acceptors (Lipinski definition) is 0. The van der Waals surface area contributed by atoms with Crippen molar-refractivity contribution < 1.29 is 0 Å². The van der Waals surface area contributed by atoms with Crippen LogP contribution < -0.4 is 0 Å². The van der Waals surface area contributed by atoms with E-state index in [4.69, 9.17) is 11.6 Å². The summed E-state index contributed by atoms with van der Waals surface area (Å²) in [5, 5.41) is 1.49. The highest BCUT2D eigenvalue weighted by molar-refractivity contribution is 9.09. The van der Waals surface area contributed by atoms with Gasteiger partial charge in [-0.05, 0) is 30.7 Å². The summed E-state index contributed by atoms with van der Waals surface area (Å²) in [5.41, 5.74) is 2.08. The van der Waals surface area contributed by atoms with Gasteiger partial charge in [-0.3, -0.25) is 0 Å². The van der Waals surface area contributed by atoms with E-state index in [1.165, 1.54) is 0 Å². The minimum Gasteiger partial charge on any atom is -0.0863 e. The highest BCUT2D eigenvalue weighted by atomic mass is 79.9. The van der Waals surface area contributed by atoms with E-state index >= 15 is 0 Å². The molecule has 0 nitrogen and oxygen atoms in total. The second-order valence-corrected chi connectivity index (χ2v) is 3.37. The van der Waals surface area contributed by atoms with Crippen LogP contribution in [0.15, 0.2) is 18.2 Å². The van der Waals surface area contributed by atoms with Crippen molar-refractivity contribution in [3.63, 3.8) is 0 Å². The van der Waals surface area contributed by atoms with Gasteiger partial charge < -0.3 is 0 Å². The summed E-state index contributed by atoms with van der Waals surface area (Å²) in [4.78, 5) is 0. The summed E-state index contributed by atoms with van der Waals surface area (Å²) in [6, 6.07) is 5.78. The van der Waals surface area contributed by atoms with Gasteiger partial charge in [-0.1, -0.05) is 39.4 Å². The fraction of sp³-hybridized carbons (Fsp3) is 0.200. The molecule has 0 N–H and O–H groups in total. The third kappa shape index (κ3) is 2.55. The largest absolute Gasteiger partial charge is 0.0863 e. The van der Waals surface area contributed by atoms with Crippen LogP contribution in [0.4, 0.5) is 0 Å². The number of benzene rings is 1. The lowest BCUT2D eigenvalue weighted by molar-refractivity contribution is 1.45. The summed E-state index contributed by atoms with van der Waals surface area (Å²) in [7, 11) is 0. The molecule has 0 fully saturated rings. The molecule has 1 aromatic carbocycles. The second-order valence-electron chi connectivity index (χ2n) is 2.40. The molecule has 0 saturated heterocycles. The first-order valence-electron chi connectivity index (χ1n) is 3.55. The fourth-order valence-corrected chi connectivity index (χ4v) is 1.12. The normalized spacial score (nSPS) is 8.92. The van der Waals surface area contributed by atoms with Crippen molar-refractivity contribution in [3.05, 3.63) is 34.3 Å². The molecular formula is C10H8BrCl. The van der Waals surface area contributed by atoms with Crippen LogP contribution >= 0.6 is 27.5 Å². The predicted molar refractivity (Wildman–Crippen MR) is 56.9 cm³/mol. The van der Waals surface area contributed by atoms with Crippen molar-refractivity contribution in [1.82, 2.24) is 0 Å². The van der Waals surface area contributed by atoms with Crippen molar-refractivity contribution in [1.29, 1.82) is 0 Å². The Balaban J connectivity index is 2.97.